The molecule has 0 radical (unpaired) electrons. The second-order valence-corrected chi connectivity index (χ2v) is 5.33. The summed E-state index contributed by atoms with van der Waals surface area (Å²) in [6, 6.07) is 8.03. The number of furan rings is 1. The monoisotopic (exact) mass is 275 g/mol. The highest BCUT2D eigenvalue weighted by Crippen LogP contribution is 2.24. The Balaban J connectivity index is 1.65. The van der Waals surface area contributed by atoms with Crippen LogP contribution in [0.4, 0.5) is 0 Å². The van der Waals surface area contributed by atoms with Crippen molar-refractivity contribution in [3.05, 3.63) is 30.0 Å². The number of morpholine rings is 1. The van der Waals surface area contributed by atoms with Crippen LogP contribution in [0.15, 0.2) is 28.7 Å². The van der Waals surface area contributed by atoms with Gasteiger partial charge in [-0.3, -0.25) is 0 Å². The van der Waals surface area contributed by atoms with E-state index >= 15 is 0 Å². The van der Waals surface area contributed by atoms with Crippen LogP contribution in [0.1, 0.15) is 12.7 Å². The first-order chi connectivity index (χ1) is 9.74. The summed E-state index contributed by atoms with van der Waals surface area (Å²) in [5.41, 5.74) is 0.919. The fourth-order valence-electron chi connectivity index (χ4n) is 2.50. The van der Waals surface area contributed by atoms with Crippen LogP contribution in [-0.2, 0) is 11.2 Å². The van der Waals surface area contributed by atoms with Gasteiger partial charge in [-0.05, 0) is 31.3 Å². The van der Waals surface area contributed by atoms with Crippen LogP contribution in [0.2, 0.25) is 0 Å². The largest absolute Gasteiger partial charge is 0.491 e. The van der Waals surface area contributed by atoms with E-state index < -0.39 is 0 Å². The first-order valence-corrected chi connectivity index (χ1v) is 7.20. The zero-order valence-corrected chi connectivity index (χ0v) is 12.1. The number of hydrogen-bond acceptors (Lipinski definition) is 4. The van der Waals surface area contributed by atoms with Crippen molar-refractivity contribution in [3.8, 4) is 5.75 Å². The maximum atomic E-state index is 5.85. The van der Waals surface area contributed by atoms with Crippen molar-refractivity contribution >= 4 is 11.0 Å². The van der Waals surface area contributed by atoms with Crippen molar-refractivity contribution in [2.24, 2.45) is 0 Å². The number of fused-ring (bicyclic) bond motifs is 1. The number of ether oxygens (including phenoxy) is 2. The van der Waals surface area contributed by atoms with Crippen LogP contribution in [0.5, 0.6) is 5.75 Å². The number of hydrogen-bond donors (Lipinski definition) is 0. The summed E-state index contributed by atoms with van der Waals surface area (Å²) in [5.74, 6) is 1.88. The zero-order chi connectivity index (χ0) is 13.9. The van der Waals surface area contributed by atoms with Gasteiger partial charge in [-0.25, -0.2) is 0 Å². The van der Waals surface area contributed by atoms with Crippen LogP contribution in [0.3, 0.4) is 0 Å². The number of likely N-dealkylation sites (N-methyl/N-ethyl adjacent to an activating group) is 1. The van der Waals surface area contributed by atoms with E-state index in [1.807, 2.05) is 18.2 Å². The number of rotatable bonds is 4. The quantitative estimate of drug-likeness (QED) is 0.859. The van der Waals surface area contributed by atoms with Gasteiger partial charge in [-0.2, -0.15) is 0 Å². The van der Waals surface area contributed by atoms with Crippen LogP contribution in [0.25, 0.3) is 11.0 Å². The molecule has 0 aliphatic carbocycles. The normalized spacial score (nSPS) is 20.4. The Kier molecular flexibility index (Phi) is 3.94. The molecule has 20 heavy (non-hydrogen) atoms. The standard InChI is InChI=1S/C16H21NO3/c1-3-13-8-12-9-14(4-5-16(12)20-13)19-11-15-10-17(2)6-7-18-15/h4-5,8-9,15H,3,6-7,10-11H2,1-2H3. The molecule has 0 N–H and O–H groups in total. The van der Waals surface area contributed by atoms with E-state index in [0.29, 0.717) is 6.61 Å². The smallest absolute Gasteiger partial charge is 0.134 e. The van der Waals surface area contributed by atoms with Gasteiger partial charge in [-0.15, -0.1) is 0 Å². The molecule has 1 unspecified atom stereocenters. The van der Waals surface area contributed by atoms with Crippen molar-refractivity contribution in [1.29, 1.82) is 0 Å². The lowest BCUT2D eigenvalue weighted by molar-refractivity contribution is -0.0403. The van der Waals surface area contributed by atoms with Crippen LogP contribution in [0, 0.1) is 0 Å². The number of nitrogens with zero attached hydrogens (tertiary/aromatic N) is 1. The van der Waals surface area contributed by atoms with Crippen molar-refractivity contribution < 1.29 is 13.9 Å². The lowest BCUT2D eigenvalue weighted by Crippen LogP contribution is -2.42. The van der Waals surface area contributed by atoms with Crippen molar-refractivity contribution in [3.63, 3.8) is 0 Å². The second kappa shape index (κ2) is 5.85. The summed E-state index contributed by atoms with van der Waals surface area (Å²) >= 11 is 0. The molecule has 4 heteroatoms. The molecule has 1 fully saturated rings. The third-order valence-electron chi connectivity index (χ3n) is 3.67. The summed E-state index contributed by atoms with van der Waals surface area (Å²) in [7, 11) is 2.11. The predicted molar refractivity (Wildman–Crippen MR) is 78.3 cm³/mol. The highest BCUT2D eigenvalue weighted by molar-refractivity contribution is 5.79. The summed E-state index contributed by atoms with van der Waals surface area (Å²) < 4.78 is 17.2. The van der Waals surface area contributed by atoms with Gasteiger partial charge in [0.05, 0.1) is 6.61 Å². The van der Waals surface area contributed by atoms with Gasteiger partial charge >= 0.3 is 0 Å². The van der Waals surface area contributed by atoms with Gasteiger partial charge < -0.3 is 18.8 Å². The van der Waals surface area contributed by atoms with E-state index in [2.05, 4.69) is 24.9 Å². The Hall–Kier alpha value is -1.52. The minimum Gasteiger partial charge on any atom is -0.491 e. The third kappa shape index (κ3) is 2.97. The highest BCUT2D eigenvalue weighted by atomic mass is 16.5. The van der Waals surface area contributed by atoms with E-state index in [0.717, 1.165) is 48.6 Å². The molecule has 1 atom stereocenters. The second-order valence-electron chi connectivity index (χ2n) is 5.33. The molecule has 1 aromatic heterocycles. The van der Waals surface area contributed by atoms with Crippen LogP contribution in [-0.4, -0.2) is 44.4 Å². The molecule has 1 aliphatic rings. The Bertz CT molecular complexity index is 578. The molecule has 108 valence electrons. The maximum absolute atomic E-state index is 5.85. The molecule has 2 heterocycles. The molecule has 0 amide bonds. The molecular formula is C16H21NO3. The van der Waals surface area contributed by atoms with Crippen molar-refractivity contribution in [2.45, 2.75) is 19.4 Å². The fraction of sp³-hybridized carbons (Fsp3) is 0.500. The number of benzene rings is 1. The topological polar surface area (TPSA) is 34.8 Å². The molecule has 1 saturated heterocycles. The van der Waals surface area contributed by atoms with E-state index in [1.165, 1.54) is 0 Å². The van der Waals surface area contributed by atoms with Crippen LogP contribution >= 0.6 is 0 Å². The summed E-state index contributed by atoms with van der Waals surface area (Å²) in [5, 5.41) is 1.10. The average molecular weight is 275 g/mol. The van der Waals surface area contributed by atoms with Crippen molar-refractivity contribution in [2.75, 3.05) is 33.4 Å². The summed E-state index contributed by atoms with van der Waals surface area (Å²) in [4.78, 5) is 2.27. The van der Waals surface area contributed by atoms with E-state index in [1.54, 1.807) is 0 Å². The van der Waals surface area contributed by atoms with Gasteiger partial charge in [0.2, 0.25) is 0 Å². The fourth-order valence-corrected chi connectivity index (χ4v) is 2.50. The molecule has 2 aromatic rings. The molecule has 0 bridgehead atoms. The van der Waals surface area contributed by atoms with E-state index in [-0.39, 0.29) is 6.10 Å². The molecule has 0 spiro atoms. The summed E-state index contributed by atoms with van der Waals surface area (Å²) in [6.45, 7) is 5.39. The van der Waals surface area contributed by atoms with E-state index in [4.69, 9.17) is 13.9 Å². The average Bonchev–Trinajstić information content (AvgIpc) is 2.87. The Labute approximate surface area is 119 Å². The third-order valence-corrected chi connectivity index (χ3v) is 3.67. The molecule has 4 nitrogen and oxygen atoms in total. The first-order valence-electron chi connectivity index (χ1n) is 7.20. The summed E-state index contributed by atoms with van der Waals surface area (Å²) in [6.07, 6.45) is 1.06. The SMILES string of the molecule is CCc1cc2cc(OCC3CN(C)CCO3)ccc2o1. The van der Waals surface area contributed by atoms with E-state index in [9.17, 15) is 0 Å². The lowest BCUT2D eigenvalue weighted by atomic mass is 10.2. The molecule has 0 saturated carbocycles. The zero-order valence-electron chi connectivity index (χ0n) is 12.1. The van der Waals surface area contributed by atoms with Gasteiger partial charge in [-0.1, -0.05) is 6.92 Å². The van der Waals surface area contributed by atoms with Gasteiger partial charge in [0.15, 0.2) is 0 Å². The minimum absolute atomic E-state index is 0.153. The Morgan fingerprint density at radius 2 is 2.25 bits per heavy atom. The maximum Gasteiger partial charge on any atom is 0.134 e. The van der Waals surface area contributed by atoms with Gasteiger partial charge in [0.25, 0.3) is 0 Å². The Morgan fingerprint density at radius 3 is 3.05 bits per heavy atom. The van der Waals surface area contributed by atoms with Gasteiger partial charge in [0.1, 0.15) is 29.8 Å². The first kappa shape index (κ1) is 13.5. The predicted octanol–water partition coefficient (Wildman–Crippen LogP) is 2.70. The molecule has 1 aliphatic heterocycles. The molecule has 3 rings (SSSR count). The number of aryl methyl sites for hydroxylation is 1. The van der Waals surface area contributed by atoms with Crippen molar-refractivity contribution in [1.82, 2.24) is 4.90 Å². The van der Waals surface area contributed by atoms with Crippen LogP contribution < -0.4 is 4.74 Å². The Morgan fingerprint density at radius 1 is 1.35 bits per heavy atom. The molecule has 1 aromatic carbocycles. The lowest BCUT2D eigenvalue weighted by Gasteiger charge is -2.29. The minimum atomic E-state index is 0.153. The van der Waals surface area contributed by atoms with Gasteiger partial charge in [0, 0.05) is 24.9 Å². The highest BCUT2D eigenvalue weighted by Gasteiger charge is 2.18. The molecular weight excluding hydrogens is 254 g/mol.